The minimum absolute atomic E-state index is 0.715. The van der Waals surface area contributed by atoms with Gasteiger partial charge in [-0.05, 0) is 59.1 Å². The summed E-state index contributed by atoms with van der Waals surface area (Å²) in [5, 5.41) is 4.50. The third-order valence-electron chi connectivity index (χ3n) is 3.41. The summed E-state index contributed by atoms with van der Waals surface area (Å²) in [6, 6.07) is 2.28. The van der Waals surface area contributed by atoms with Gasteiger partial charge in [0.05, 0.1) is 0 Å². The molecule has 0 amide bonds. The van der Waals surface area contributed by atoms with E-state index in [9.17, 15) is 0 Å². The van der Waals surface area contributed by atoms with Gasteiger partial charge < -0.3 is 0 Å². The van der Waals surface area contributed by atoms with Gasteiger partial charge in [-0.3, -0.25) is 0 Å². The van der Waals surface area contributed by atoms with E-state index in [1.54, 1.807) is 11.1 Å². The summed E-state index contributed by atoms with van der Waals surface area (Å²) in [5.41, 5.74) is 4.83. The molecule has 0 radical (unpaired) electrons. The zero-order chi connectivity index (χ0) is 10.8. The zero-order valence-electron chi connectivity index (χ0n) is 9.92. The summed E-state index contributed by atoms with van der Waals surface area (Å²) in [6.07, 6.45) is 3.97. The second-order valence-corrected chi connectivity index (χ2v) is 5.80. The first-order valence-corrected chi connectivity index (χ1v) is 6.87. The number of allylic oxidation sites excluding steroid dienone is 2. The quantitative estimate of drug-likeness (QED) is 0.659. The molecule has 82 valence electrons. The normalized spacial score (nSPS) is 22.5. The van der Waals surface area contributed by atoms with Crippen LogP contribution in [0.15, 0.2) is 22.4 Å². The monoisotopic (exact) mass is 220 g/mol. The van der Waals surface area contributed by atoms with Crippen molar-refractivity contribution < 1.29 is 0 Å². The highest BCUT2D eigenvalue weighted by atomic mass is 32.1. The number of hydrogen-bond acceptors (Lipinski definition) is 1. The Hall–Kier alpha value is -0.560. The molecule has 1 heteroatoms. The Morgan fingerprint density at radius 1 is 1.40 bits per heavy atom. The van der Waals surface area contributed by atoms with Crippen molar-refractivity contribution in [2.45, 2.75) is 40.0 Å². The van der Waals surface area contributed by atoms with Crippen molar-refractivity contribution in [2.75, 3.05) is 0 Å². The molecule has 1 atom stereocenters. The van der Waals surface area contributed by atoms with Crippen LogP contribution in [0.1, 0.15) is 45.6 Å². The van der Waals surface area contributed by atoms with Crippen molar-refractivity contribution >= 4 is 16.9 Å². The predicted octanol–water partition coefficient (Wildman–Crippen LogP) is 4.98. The first-order valence-electron chi connectivity index (χ1n) is 5.93. The third kappa shape index (κ3) is 2.34. The number of rotatable bonds is 2. The highest BCUT2D eigenvalue weighted by molar-refractivity contribution is 7.08. The molecular formula is C14H20S. The lowest BCUT2D eigenvalue weighted by Crippen LogP contribution is -2.10. The smallest absolute Gasteiger partial charge is 0.00180 e. The van der Waals surface area contributed by atoms with Gasteiger partial charge in [-0.2, -0.15) is 11.3 Å². The molecule has 1 heterocycles. The van der Waals surface area contributed by atoms with E-state index in [-0.39, 0.29) is 0 Å². The minimum atomic E-state index is 0.715. The van der Waals surface area contributed by atoms with E-state index in [4.69, 9.17) is 0 Å². The van der Waals surface area contributed by atoms with Crippen LogP contribution in [-0.4, -0.2) is 0 Å². The highest BCUT2D eigenvalue weighted by Gasteiger charge is 2.20. The summed E-state index contributed by atoms with van der Waals surface area (Å²) in [5.74, 6) is 1.58. The van der Waals surface area contributed by atoms with Crippen molar-refractivity contribution in [3.63, 3.8) is 0 Å². The van der Waals surface area contributed by atoms with Gasteiger partial charge in [0, 0.05) is 0 Å². The highest BCUT2D eigenvalue weighted by Crippen LogP contribution is 2.39. The Kier molecular flexibility index (Phi) is 3.30. The van der Waals surface area contributed by atoms with Crippen LogP contribution in [0.3, 0.4) is 0 Å². The standard InChI is InChI=1S/C14H20S/c1-10(2)13-5-4-11(3)8-14(13)12-6-7-15-9-12/h6-7,9-11H,4-5,8H2,1-3H3/t11-/m1/s1. The molecule has 0 saturated heterocycles. The molecule has 1 aromatic rings. The molecule has 1 aromatic heterocycles. The van der Waals surface area contributed by atoms with Crippen LogP contribution in [0.5, 0.6) is 0 Å². The molecule has 0 fully saturated rings. The summed E-state index contributed by atoms with van der Waals surface area (Å²) in [4.78, 5) is 0. The fraction of sp³-hybridized carbons (Fsp3) is 0.571. The van der Waals surface area contributed by atoms with Crippen molar-refractivity contribution in [2.24, 2.45) is 11.8 Å². The van der Waals surface area contributed by atoms with Crippen molar-refractivity contribution in [3.05, 3.63) is 28.0 Å². The third-order valence-corrected chi connectivity index (χ3v) is 4.10. The maximum atomic E-state index is 2.38. The molecule has 0 spiro atoms. The molecule has 0 unspecified atom stereocenters. The van der Waals surface area contributed by atoms with E-state index in [2.05, 4.69) is 37.6 Å². The van der Waals surface area contributed by atoms with E-state index in [0.717, 1.165) is 5.92 Å². The average molecular weight is 220 g/mol. The van der Waals surface area contributed by atoms with Crippen LogP contribution >= 0.6 is 11.3 Å². The number of thiophene rings is 1. The number of hydrogen-bond donors (Lipinski definition) is 0. The molecular weight excluding hydrogens is 200 g/mol. The van der Waals surface area contributed by atoms with E-state index in [0.29, 0.717) is 5.92 Å². The summed E-state index contributed by atoms with van der Waals surface area (Å²) in [7, 11) is 0. The van der Waals surface area contributed by atoms with Crippen molar-refractivity contribution in [1.82, 2.24) is 0 Å². The van der Waals surface area contributed by atoms with E-state index in [1.165, 1.54) is 24.8 Å². The SMILES string of the molecule is CC(C)C1=C(c2ccsc2)C[C@H](C)CC1. The Morgan fingerprint density at radius 2 is 2.20 bits per heavy atom. The van der Waals surface area contributed by atoms with Gasteiger partial charge in [0.2, 0.25) is 0 Å². The summed E-state index contributed by atoms with van der Waals surface area (Å²) >= 11 is 1.81. The molecule has 0 aliphatic heterocycles. The lowest BCUT2D eigenvalue weighted by molar-refractivity contribution is 0.501. The second kappa shape index (κ2) is 4.52. The molecule has 0 N–H and O–H groups in total. The van der Waals surface area contributed by atoms with Gasteiger partial charge in [0.25, 0.3) is 0 Å². The maximum Gasteiger partial charge on any atom is -0.00180 e. The van der Waals surface area contributed by atoms with Gasteiger partial charge in [0.15, 0.2) is 0 Å². The van der Waals surface area contributed by atoms with Gasteiger partial charge in [-0.1, -0.05) is 26.3 Å². The topological polar surface area (TPSA) is 0 Å². The fourth-order valence-electron chi connectivity index (χ4n) is 2.51. The van der Waals surface area contributed by atoms with Crippen LogP contribution in [-0.2, 0) is 0 Å². The molecule has 15 heavy (non-hydrogen) atoms. The molecule has 0 aromatic carbocycles. The Bertz CT molecular complexity index is 343. The maximum absolute atomic E-state index is 2.38. The van der Waals surface area contributed by atoms with Crippen LogP contribution in [0.2, 0.25) is 0 Å². The van der Waals surface area contributed by atoms with Gasteiger partial charge in [-0.25, -0.2) is 0 Å². The van der Waals surface area contributed by atoms with Crippen LogP contribution < -0.4 is 0 Å². The lowest BCUT2D eigenvalue weighted by atomic mass is 9.79. The Balaban J connectivity index is 2.37. The molecule has 1 aliphatic carbocycles. The fourth-order valence-corrected chi connectivity index (χ4v) is 3.18. The van der Waals surface area contributed by atoms with Crippen molar-refractivity contribution in [3.8, 4) is 0 Å². The summed E-state index contributed by atoms with van der Waals surface area (Å²) < 4.78 is 0. The molecule has 0 bridgehead atoms. The first-order chi connectivity index (χ1) is 7.18. The van der Waals surface area contributed by atoms with Crippen LogP contribution in [0, 0.1) is 11.8 Å². The minimum Gasteiger partial charge on any atom is -0.152 e. The van der Waals surface area contributed by atoms with E-state index >= 15 is 0 Å². The summed E-state index contributed by atoms with van der Waals surface area (Å²) in [6.45, 7) is 7.04. The van der Waals surface area contributed by atoms with E-state index in [1.807, 2.05) is 11.3 Å². The van der Waals surface area contributed by atoms with E-state index < -0.39 is 0 Å². The van der Waals surface area contributed by atoms with Crippen LogP contribution in [0.4, 0.5) is 0 Å². The predicted molar refractivity (Wildman–Crippen MR) is 69.1 cm³/mol. The van der Waals surface area contributed by atoms with Gasteiger partial charge in [0.1, 0.15) is 0 Å². The molecule has 2 rings (SSSR count). The lowest BCUT2D eigenvalue weighted by Gasteiger charge is -2.27. The largest absolute Gasteiger partial charge is 0.152 e. The van der Waals surface area contributed by atoms with Crippen LogP contribution in [0.25, 0.3) is 5.57 Å². The first kappa shape index (κ1) is 10.9. The van der Waals surface area contributed by atoms with Gasteiger partial charge >= 0.3 is 0 Å². The Morgan fingerprint density at radius 3 is 2.80 bits per heavy atom. The second-order valence-electron chi connectivity index (χ2n) is 5.02. The van der Waals surface area contributed by atoms with Crippen molar-refractivity contribution in [1.29, 1.82) is 0 Å². The van der Waals surface area contributed by atoms with Gasteiger partial charge in [-0.15, -0.1) is 0 Å². The Labute approximate surface area is 97.0 Å². The average Bonchev–Trinajstić information content (AvgIpc) is 2.69. The molecule has 0 saturated carbocycles. The molecule has 0 nitrogen and oxygen atoms in total. The zero-order valence-corrected chi connectivity index (χ0v) is 10.7. The molecule has 1 aliphatic rings.